The van der Waals surface area contributed by atoms with Crippen LogP contribution in [0.25, 0.3) is 5.57 Å². The molecule has 0 N–H and O–H groups in total. The van der Waals surface area contributed by atoms with Crippen LogP contribution < -0.4 is 4.74 Å². The topological polar surface area (TPSA) is 35.5 Å². The van der Waals surface area contributed by atoms with Crippen molar-refractivity contribution < 1.29 is 14.3 Å². The number of esters is 1. The van der Waals surface area contributed by atoms with Crippen LogP contribution in [0.1, 0.15) is 25.0 Å². The van der Waals surface area contributed by atoms with Crippen molar-refractivity contribution >= 4 is 11.5 Å². The lowest BCUT2D eigenvalue weighted by Gasteiger charge is -2.28. The highest BCUT2D eigenvalue weighted by Gasteiger charge is 2.31. The Hall–Kier alpha value is -2.55. The molecule has 3 rings (SSSR count). The smallest absolute Gasteiger partial charge is 0.338 e. The lowest BCUT2D eigenvalue weighted by atomic mass is 9.88. The van der Waals surface area contributed by atoms with Crippen molar-refractivity contribution in [3.63, 3.8) is 0 Å². The fourth-order valence-corrected chi connectivity index (χ4v) is 2.77. The van der Waals surface area contributed by atoms with Crippen molar-refractivity contribution in [2.45, 2.75) is 20.0 Å². The first kappa shape index (κ1) is 14.4. The maximum absolute atomic E-state index is 12.4. The molecule has 2 aromatic rings. The maximum atomic E-state index is 12.4. The average molecular weight is 294 g/mol. The van der Waals surface area contributed by atoms with Gasteiger partial charge in [-0.05, 0) is 25.5 Å². The number of hydrogen-bond acceptors (Lipinski definition) is 3. The molecule has 3 nitrogen and oxygen atoms in total. The van der Waals surface area contributed by atoms with Gasteiger partial charge in [0.25, 0.3) is 0 Å². The highest BCUT2D eigenvalue weighted by atomic mass is 16.5. The van der Waals surface area contributed by atoms with Crippen LogP contribution in [0.4, 0.5) is 0 Å². The minimum atomic E-state index is -0.343. The molecule has 0 bridgehead atoms. The standard InChI is InChI=1S/C19H18O3/c1-3-21-19(20)17-13(2)22-16-12-8-7-11-15(16)18(17)14-9-5-4-6-10-14/h4-13H,3H2,1-2H3. The normalized spacial score (nSPS) is 16.7. The van der Waals surface area contributed by atoms with Crippen LogP contribution in [0.2, 0.25) is 0 Å². The highest BCUT2D eigenvalue weighted by molar-refractivity contribution is 6.04. The summed E-state index contributed by atoms with van der Waals surface area (Å²) in [6, 6.07) is 17.7. The molecule has 0 spiro atoms. The third-order valence-corrected chi connectivity index (χ3v) is 3.69. The van der Waals surface area contributed by atoms with Crippen molar-refractivity contribution in [1.29, 1.82) is 0 Å². The number of benzene rings is 2. The van der Waals surface area contributed by atoms with Crippen molar-refractivity contribution in [2.75, 3.05) is 6.61 Å². The fourth-order valence-electron chi connectivity index (χ4n) is 2.77. The van der Waals surface area contributed by atoms with E-state index in [9.17, 15) is 4.79 Å². The van der Waals surface area contributed by atoms with Gasteiger partial charge < -0.3 is 9.47 Å². The van der Waals surface area contributed by atoms with Gasteiger partial charge in [0, 0.05) is 11.1 Å². The molecule has 1 heterocycles. The number of hydrogen-bond donors (Lipinski definition) is 0. The number of carbonyl (C=O) groups is 1. The van der Waals surface area contributed by atoms with Gasteiger partial charge in [0.2, 0.25) is 0 Å². The summed E-state index contributed by atoms with van der Waals surface area (Å²) in [7, 11) is 0. The van der Waals surface area contributed by atoms with Crippen LogP contribution in [0, 0.1) is 0 Å². The Morgan fingerprint density at radius 2 is 1.77 bits per heavy atom. The van der Waals surface area contributed by atoms with Gasteiger partial charge in [-0.15, -0.1) is 0 Å². The molecule has 3 heteroatoms. The summed E-state index contributed by atoms with van der Waals surface area (Å²) in [5, 5.41) is 0. The minimum absolute atomic E-state index is 0.316. The Labute approximate surface area is 130 Å². The minimum Gasteiger partial charge on any atom is -0.485 e. The molecule has 112 valence electrons. The van der Waals surface area contributed by atoms with Gasteiger partial charge in [-0.1, -0.05) is 48.5 Å². The van der Waals surface area contributed by atoms with E-state index in [-0.39, 0.29) is 12.1 Å². The van der Waals surface area contributed by atoms with E-state index in [1.54, 1.807) is 0 Å². The summed E-state index contributed by atoms with van der Waals surface area (Å²) in [6.07, 6.45) is -0.343. The summed E-state index contributed by atoms with van der Waals surface area (Å²) >= 11 is 0. The molecular weight excluding hydrogens is 276 g/mol. The molecule has 2 aromatic carbocycles. The van der Waals surface area contributed by atoms with E-state index in [0.717, 1.165) is 22.4 Å². The van der Waals surface area contributed by atoms with Crippen LogP contribution >= 0.6 is 0 Å². The van der Waals surface area contributed by atoms with Crippen LogP contribution in [0.15, 0.2) is 60.2 Å². The molecule has 0 amide bonds. The van der Waals surface area contributed by atoms with Gasteiger partial charge in [-0.3, -0.25) is 0 Å². The molecule has 0 saturated heterocycles. The summed E-state index contributed by atoms with van der Waals surface area (Å²) in [5.74, 6) is 0.477. The van der Waals surface area contributed by atoms with Crippen LogP contribution in [0.3, 0.4) is 0 Å². The molecule has 1 aliphatic heterocycles. The molecule has 0 aromatic heterocycles. The van der Waals surface area contributed by atoms with Crippen LogP contribution in [0.5, 0.6) is 5.75 Å². The number of para-hydroxylation sites is 1. The lowest BCUT2D eigenvalue weighted by molar-refractivity contribution is -0.139. The molecule has 1 aliphatic rings. The van der Waals surface area contributed by atoms with Gasteiger partial charge >= 0.3 is 5.97 Å². The summed E-state index contributed by atoms with van der Waals surface area (Å²) in [6.45, 7) is 4.03. The van der Waals surface area contributed by atoms with Gasteiger partial charge in [0.15, 0.2) is 0 Å². The lowest BCUT2D eigenvalue weighted by Crippen LogP contribution is -2.28. The predicted molar refractivity (Wildman–Crippen MR) is 85.6 cm³/mol. The van der Waals surface area contributed by atoms with E-state index in [4.69, 9.17) is 9.47 Å². The second-order valence-electron chi connectivity index (χ2n) is 5.13. The third-order valence-electron chi connectivity index (χ3n) is 3.69. The summed E-state index contributed by atoms with van der Waals surface area (Å²) in [5.41, 5.74) is 3.39. The third kappa shape index (κ3) is 2.50. The second-order valence-corrected chi connectivity index (χ2v) is 5.13. The summed E-state index contributed by atoms with van der Waals surface area (Å²) in [4.78, 5) is 12.4. The zero-order valence-corrected chi connectivity index (χ0v) is 12.7. The van der Waals surface area contributed by atoms with Gasteiger partial charge in [0.05, 0.1) is 12.2 Å². The first-order chi connectivity index (χ1) is 10.7. The number of ether oxygens (including phenoxy) is 2. The number of rotatable bonds is 3. The van der Waals surface area contributed by atoms with Crippen molar-refractivity contribution in [3.05, 3.63) is 71.3 Å². The van der Waals surface area contributed by atoms with E-state index in [0.29, 0.717) is 12.2 Å². The van der Waals surface area contributed by atoms with E-state index in [2.05, 4.69) is 0 Å². The van der Waals surface area contributed by atoms with Crippen molar-refractivity contribution in [1.82, 2.24) is 0 Å². The van der Waals surface area contributed by atoms with Crippen LogP contribution in [-0.2, 0) is 9.53 Å². The first-order valence-corrected chi connectivity index (χ1v) is 7.45. The zero-order chi connectivity index (χ0) is 15.5. The van der Waals surface area contributed by atoms with E-state index >= 15 is 0 Å². The molecule has 0 aliphatic carbocycles. The Morgan fingerprint density at radius 1 is 1.09 bits per heavy atom. The number of fused-ring (bicyclic) bond motifs is 1. The van der Waals surface area contributed by atoms with E-state index in [1.807, 2.05) is 68.4 Å². The molecule has 0 fully saturated rings. The Balaban J connectivity index is 2.25. The quantitative estimate of drug-likeness (QED) is 0.807. The maximum Gasteiger partial charge on any atom is 0.338 e. The monoisotopic (exact) mass is 294 g/mol. The first-order valence-electron chi connectivity index (χ1n) is 7.45. The van der Waals surface area contributed by atoms with E-state index < -0.39 is 0 Å². The zero-order valence-electron chi connectivity index (χ0n) is 12.7. The predicted octanol–water partition coefficient (Wildman–Crippen LogP) is 3.83. The fraction of sp³-hybridized carbons (Fsp3) is 0.211. The summed E-state index contributed by atoms with van der Waals surface area (Å²) < 4.78 is 11.1. The van der Waals surface area contributed by atoms with Crippen LogP contribution in [-0.4, -0.2) is 18.7 Å². The molecule has 0 saturated carbocycles. The molecule has 1 unspecified atom stereocenters. The largest absolute Gasteiger partial charge is 0.485 e. The SMILES string of the molecule is CCOC(=O)C1=C(c2ccccc2)c2ccccc2OC1C. The van der Waals surface area contributed by atoms with Crippen molar-refractivity contribution in [3.8, 4) is 5.75 Å². The molecule has 22 heavy (non-hydrogen) atoms. The second kappa shape index (κ2) is 6.06. The van der Waals surface area contributed by atoms with Gasteiger partial charge in [0.1, 0.15) is 11.9 Å². The molecular formula is C19H18O3. The highest BCUT2D eigenvalue weighted by Crippen LogP contribution is 2.39. The average Bonchev–Trinajstić information content (AvgIpc) is 2.54. The molecule has 1 atom stereocenters. The van der Waals surface area contributed by atoms with Gasteiger partial charge in [-0.2, -0.15) is 0 Å². The Kier molecular flexibility index (Phi) is 3.96. The Morgan fingerprint density at radius 3 is 2.50 bits per heavy atom. The van der Waals surface area contributed by atoms with Crippen molar-refractivity contribution in [2.24, 2.45) is 0 Å². The Bertz CT molecular complexity index is 716. The van der Waals surface area contributed by atoms with E-state index in [1.165, 1.54) is 0 Å². The molecule has 0 radical (unpaired) electrons. The number of carbonyl (C=O) groups excluding carboxylic acids is 1. The van der Waals surface area contributed by atoms with Gasteiger partial charge in [-0.25, -0.2) is 4.79 Å².